The van der Waals surface area contributed by atoms with E-state index in [1.54, 1.807) is 7.11 Å². The molecule has 3 heteroatoms. The summed E-state index contributed by atoms with van der Waals surface area (Å²) < 4.78 is 6.58. The third-order valence-corrected chi connectivity index (χ3v) is 3.64. The highest BCUT2D eigenvalue weighted by molar-refractivity contribution is 9.10. The highest BCUT2D eigenvalue weighted by Crippen LogP contribution is 2.31. The Balaban J connectivity index is 2.44. The van der Waals surface area contributed by atoms with Crippen LogP contribution in [0.4, 0.5) is 0 Å². The van der Waals surface area contributed by atoms with E-state index in [9.17, 15) is 0 Å². The van der Waals surface area contributed by atoms with Crippen molar-refractivity contribution in [3.8, 4) is 5.75 Å². The number of hydrogen-bond donors (Lipinski definition) is 1. The van der Waals surface area contributed by atoms with Gasteiger partial charge < -0.3 is 10.5 Å². The fraction of sp³-hybridized carbons (Fsp3) is 0.333. The van der Waals surface area contributed by atoms with E-state index in [2.05, 4.69) is 40.2 Å². The number of halogens is 1. The lowest BCUT2D eigenvalue weighted by atomic mass is 9.99. The second kappa shape index (κ2) is 6.21. The van der Waals surface area contributed by atoms with E-state index in [4.69, 9.17) is 10.5 Å². The van der Waals surface area contributed by atoms with Gasteiger partial charge in [-0.15, -0.1) is 0 Å². The first-order valence-corrected chi connectivity index (χ1v) is 7.00. The molecule has 0 spiro atoms. The molecule has 0 bridgehead atoms. The van der Waals surface area contributed by atoms with Crippen LogP contribution in [0.5, 0.6) is 5.75 Å². The molecule has 2 rings (SSSR count). The minimum atomic E-state index is 0.749. The molecule has 2 N–H and O–H groups in total. The zero-order valence-corrected chi connectivity index (χ0v) is 12.2. The molecule has 0 aromatic heterocycles. The van der Waals surface area contributed by atoms with Crippen molar-refractivity contribution in [2.45, 2.75) is 19.3 Å². The summed E-state index contributed by atoms with van der Waals surface area (Å²) in [6.07, 6.45) is 3.16. The molecule has 0 amide bonds. The lowest BCUT2D eigenvalue weighted by Crippen LogP contribution is -2.00. The molecule has 18 heavy (non-hydrogen) atoms. The van der Waals surface area contributed by atoms with Gasteiger partial charge in [0.2, 0.25) is 0 Å². The Morgan fingerprint density at radius 2 is 2.00 bits per heavy atom. The number of ether oxygens (including phenoxy) is 1. The first-order valence-electron chi connectivity index (χ1n) is 6.21. The van der Waals surface area contributed by atoms with Crippen LogP contribution in [0.25, 0.3) is 10.8 Å². The average Bonchev–Trinajstić information content (AvgIpc) is 2.38. The monoisotopic (exact) mass is 307 g/mol. The maximum absolute atomic E-state index is 5.56. The zero-order chi connectivity index (χ0) is 13.0. The van der Waals surface area contributed by atoms with Gasteiger partial charge in [0.1, 0.15) is 5.75 Å². The molecule has 0 atom stereocenters. The van der Waals surface area contributed by atoms with E-state index in [1.165, 1.54) is 16.3 Å². The summed E-state index contributed by atoms with van der Waals surface area (Å²) in [4.78, 5) is 0. The largest absolute Gasteiger partial charge is 0.496 e. The fourth-order valence-electron chi connectivity index (χ4n) is 2.24. The van der Waals surface area contributed by atoms with Crippen LogP contribution in [-0.4, -0.2) is 13.7 Å². The Labute approximate surface area is 116 Å². The molecule has 0 aliphatic rings. The van der Waals surface area contributed by atoms with Crippen molar-refractivity contribution in [1.29, 1.82) is 0 Å². The van der Waals surface area contributed by atoms with Crippen molar-refractivity contribution >= 4 is 26.7 Å². The minimum absolute atomic E-state index is 0.749. The number of nitrogens with two attached hydrogens (primary N) is 1. The number of aryl methyl sites for hydroxylation is 1. The number of unbranched alkanes of at least 4 members (excludes halogenated alkanes) is 1. The molecule has 0 unspecified atom stereocenters. The van der Waals surface area contributed by atoms with Gasteiger partial charge in [0.05, 0.1) is 7.11 Å². The van der Waals surface area contributed by atoms with Crippen LogP contribution < -0.4 is 10.5 Å². The van der Waals surface area contributed by atoms with E-state index in [1.807, 2.05) is 6.07 Å². The first kappa shape index (κ1) is 13.4. The predicted octanol–water partition coefficient (Wildman–Crippen LogP) is 3.89. The number of methoxy groups -OCH3 is 1. The lowest BCUT2D eigenvalue weighted by molar-refractivity contribution is 0.410. The Morgan fingerprint density at radius 1 is 1.17 bits per heavy atom. The summed E-state index contributed by atoms with van der Waals surface area (Å²) in [6.45, 7) is 0.749. The van der Waals surface area contributed by atoms with E-state index in [0.717, 1.165) is 36.0 Å². The molecular formula is C15H18BrNO. The molecule has 2 aromatic carbocycles. The van der Waals surface area contributed by atoms with Gasteiger partial charge in [-0.25, -0.2) is 0 Å². The Bertz CT molecular complexity index is 539. The maximum Gasteiger partial charge on any atom is 0.122 e. The summed E-state index contributed by atoms with van der Waals surface area (Å²) in [5.41, 5.74) is 6.85. The predicted molar refractivity (Wildman–Crippen MR) is 80.2 cm³/mol. The topological polar surface area (TPSA) is 35.2 Å². The molecule has 96 valence electrons. The van der Waals surface area contributed by atoms with E-state index < -0.39 is 0 Å². The standard InChI is InChI=1S/C15H18BrNO/c1-18-15-8-5-11-10-12(16)6-7-13(11)14(15)4-2-3-9-17/h5-8,10H,2-4,9,17H2,1H3. The molecule has 0 aliphatic carbocycles. The van der Waals surface area contributed by atoms with Crippen LogP contribution in [0.1, 0.15) is 18.4 Å². The van der Waals surface area contributed by atoms with Gasteiger partial charge in [0.25, 0.3) is 0 Å². The lowest BCUT2D eigenvalue weighted by Gasteiger charge is -2.12. The Kier molecular flexibility index (Phi) is 4.61. The minimum Gasteiger partial charge on any atom is -0.496 e. The van der Waals surface area contributed by atoms with Crippen LogP contribution in [0.15, 0.2) is 34.8 Å². The second-order valence-electron chi connectivity index (χ2n) is 4.36. The van der Waals surface area contributed by atoms with Gasteiger partial charge in [-0.3, -0.25) is 0 Å². The number of benzene rings is 2. The van der Waals surface area contributed by atoms with Crippen LogP contribution in [0.2, 0.25) is 0 Å². The van der Waals surface area contributed by atoms with Gasteiger partial charge in [0, 0.05) is 10.0 Å². The molecule has 0 saturated carbocycles. The van der Waals surface area contributed by atoms with Crippen LogP contribution in [0, 0.1) is 0 Å². The number of fused-ring (bicyclic) bond motifs is 1. The van der Waals surface area contributed by atoms with Gasteiger partial charge in [-0.05, 0) is 54.8 Å². The number of hydrogen-bond acceptors (Lipinski definition) is 2. The summed E-state index contributed by atoms with van der Waals surface area (Å²) in [7, 11) is 1.73. The van der Waals surface area contributed by atoms with Crippen molar-refractivity contribution in [3.05, 3.63) is 40.4 Å². The summed E-state index contributed by atoms with van der Waals surface area (Å²) in [5, 5.41) is 2.52. The van der Waals surface area contributed by atoms with Gasteiger partial charge in [0.15, 0.2) is 0 Å². The molecule has 0 heterocycles. The van der Waals surface area contributed by atoms with Crippen LogP contribution in [-0.2, 0) is 6.42 Å². The van der Waals surface area contributed by atoms with E-state index in [-0.39, 0.29) is 0 Å². The molecule has 2 aromatic rings. The van der Waals surface area contributed by atoms with E-state index >= 15 is 0 Å². The zero-order valence-electron chi connectivity index (χ0n) is 10.6. The normalized spacial score (nSPS) is 10.8. The van der Waals surface area contributed by atoms with Gasteiger partial charge in [-0.2, -0.15) is 0 Å². The average molecular weight is 308 g/mol. The molecule has 0 radical (unpaired) electrons. The molecule has 0 fully saturated rings. The van der Waals surface area contributed by atoms with Gasteiger partial charge in [-0.1, -0.05) is 28.1 Å². The van der Waals surface area contributed by atoms with Crippen molar-refractivity contribution < 1.29 is 4.74 Å². The number of rotatable bonds is 5. The van der Waals surface area contributed by atoms with Crippen molar-refractivity contribution in [1.82, 2.24) is 0 Å². The van der Waals surface area contributed by atoms with Crippen molar-refractivity contribution in [2.24, 2.45) is 5.73 Å². The van der Waals surface area contributed by atoms with Crippen LogP contribution >= 0.6 is 15.9 Å². The SMILES string of the molecule is COc1ccc2cc(Br)ccc2c1CCCCN. The summed E-state index contributed by atoms with van der Waals surface area (Å²) >= 11 is 3.51. The Hall–Kier alpha value is -1.06. The fourth-order valence-corrected chi connectivity index (χ4v) is 2.62. The Morgan fingerprint density at radius 3 is 2.72 bits per heavy atom. The third kappa shape index (κ3) is 2.85. The molecule has 0 saturated heterocycles. The maximum atomic E-state index is 5.56. The smallest absolute Gasteiger partial charge is 0.122 e. The van der Waals surface area contributed by atoms with Crippen molar-refractivity contribution in [3.63, 3.8) is 0 Å². The highest BCUT2D eigenvalue weighted by atomic mass is 79.9. The quantitative estimate of drug-likeness (QED) is 0.851. The van der Waals surface area contributed by atoms with E-state index in [0.29, 0.717) is 0 Å². The summed E-state index contributed by atoms with van der Waals surface area (Å²) in [6, 6.07) is 10.5. The highest BCUT2D eigenvalue weighted by Gasteiger charge is 2.08. The molecule has 2 nitrogen and oxygen atoms in total. The first-order chi connectivity index (χ1) is 8.76. The third-order valence-electron chi connectivity index (χ3n) is 3.15. The van der Waals surface area contributed by atoms with Gasteiger partial charge >= 0.3 is 0 Å². The molecule has 0 aliphatic heterocycles. The molecular weight excluding hydrogens is 290 g/mol. The van der Waals surface area contributed by atoms with Crippen LogP contribution in [0.3, 0.4) is 0 Å². The van der Waals surface area contributed by atoms with Crippen molar-refractivity contribution in [2.75, 3.05) is 13.7 Å². The summed E-state index contributed by atoms with van der Waals surface area (Å²) in [5.74, 6) is 0.974. The second-order valence-corrected chi connectivity index (χ2v) is 5.27.